The van der Waals surface area contributed by atoms with E-state index in [9.17, 15) is 17.9 Å². The lowest BCUT2D eigenvalue weighted by atomic mass is 10.1. The van der Waals surface area contributed by atoms with E-state index in [1.165, 1.54) is 26.0 Å². The number of hydrogen-bond acceptors (Lipinski definition) is 3. The number of aliphatic hydroxyl groups is 1. The number of rotatable bonds is 4. The summed E-state index contributed by atoms with van der Waals surface area (Å²) < 4.78 is 34.4. The van der Waals surface area contributed by atoms with Gasteiger partial charge in [0, 0.05) is 5.75 Å². The van der Waals surface area contributed by atoms with Crippen molar-refractivity contribution in [1.29, 1.82) is 0 Å². The lowest BCUT2D eigenvalue weighted by Gasteiger charge is -2.27. The fourth-order valence-electron chi connectivity index (χ4n) is 1.40. The van der Waals surface area contributed by atoms with E-state index in [-0.39, 0.29) is 11.3 Å². The van der Waals surface area contributed by atoms with E-state index in [0.717, 1.165) is 12.1 Å². The second kappa shape index (κ2) is 4.92. The lowest BCUT2D eigenvalue weighted by Crippen LogP contribution is -2.37. The van der Waals surface area contributed by atoms with E-state index in [1.54, 1.807) is 0 Å². The second-order valence-electron chi connectivity index (χ2n) is 3.84. The summed E-state index contributed by atoms with van der Waals surface area (Å²) in [6, 6.07) is 4.91. The molecule has 1 rings (SSSR count). The van der Waals surface area contributed by atoms with Crippen LogP contribution in [0.25, 0.3) is 0 Å². The number of sulfone groups is 1. The predicted molar refractivity (Wildman–Crippen MR) is 65.1 cm³/mol. The van der Waals surface area contributed by atoms with Gasteiger partial charge in [0.2, 0.25) is 0 Å². The number of aliphatic hydroxyl groups excluding tert-OH is 1. The minimum absolute atomic E-state index is 0.175. The van der Waals surface area contributed by atoms with Crippen molar-refractivity contribution in [3.8, 4) is 0 Å². The van der Waals surface area contributed by atoms with Gasteiger partial charge >= 0.3 is 0 Å². The van der Waals surface area contributed by atoms with E-state index < -0.39 is 26.0 Å². The average molecular weight is 281 g/mol. The predicted octanol–water partition coefficient (Wildman–Crippen LogP) is 2.25. The van der Waals surface area contributed by atoms with Gasteiger partial charge in [-0.2, -0.15) is 0 Å². The molecule has 1 aromatic rings. The molecular weight excluding hydrogens is 267 g/mol. The van der Waals surface area contributed by atoms with Gasteiger partial charge in [-0.3, -0.25) is 0 Å². The van der Waals surface area contributed by atoms with Crippen molar-refractivity contribution in [3.63, 3.8) is 0 Å². The molecule has 0 aliphatic heterocycles. The Morgan fingerprint density at radius 3 is 2.29 bits per heavy atom. The summed E-state index contributed by atoms with van der Waals surface area (Å²) in [5, 5.41) is 9.97. The molecule has 0 aliphatic carbocycles. The standard InChI is InChI=1S/C11H14ClFO3S/c1-3-17(15,16)11(2,12)10(14)8-4-6-9(13)7-5-8/h4-7,10,14H,3H2,1-2H3/t10-,11-/m1/s1. The Labute approximate surface area is 105 Å². The molecule has 0 radical (unpaired) electrons. The summed E-state index contributed by atoms with van der Waals surface area (Å²) in [5.41, 5.74) is 0.265. The Balaban J connectivity index is 3.12. The van der Waals surface area contributed by atoms with Gasteiger partial charge in [-0.05, 0) is 24.6 Å². The van der Waals surface area contributed by atoms with Gasteiger partial charge in [-0.25, -0.2) is 12.8 Å². The minimum Gasteiger partial charge on any atom is -0.385 e. The minimum atomic E-state index is -3.63. The van der Waals surface area contributed by atoms with Crippen LogP contribution in [0.15, 0.2) is 24.3 Å². The smallest absolute Gasteiger partial charge is 0.172 e. The summed E-state index contributed by atoms with van der Waals surface area (Å²) in [6.07, 6.45) is -1.41. The molecule has 0 bridgehead atoms. The van der Waals surface area contributed by atoms with Crippen molar-refractivity contribution < 1.29 is 17.9 Å². The van der Waals surface area contributed by atoms with E-state index in [1.807, 2.05) is 0 Å². The third-order valence-electron chi connectivity index (χ3n) is 2.66. The van der Waals surface area contributed by atoms with E-state index in [2.05, 4.69) is 0 Å². The Morgan fingerprint density at radius 1 is 1.41 bits per heavy atom. The second-order valence-corrected chi connectivity index (χ2v) is 7.51. The fraction of sp³-hybridized carbons (Fsp3) is 0.455. The molecule has 0 fully saturated rings. The van der Waals surface area contributed by atoms with Gasteiger partial charge in [0.05, 0.1) is 0 Å². The molecule has 0 saturated heterocycles. The van der Waals surface area contributed by atoms with Crippen LogP contribution in [-0.4, -0.2) is 23.5 Å². The number of halogens is 2. The molecule has 0 spiro atoms. The Bertz CT molecular complexity index is 482. The maximum Gasteiger partial charge on any atom is 0.172 e. The van der Waals surface area contributed by atoms with Crippen LogP contribution in [0.2, 0.25) is 0 Å². The summed E-state index contributed by atoms with van der Waals surface area (Å²) in [7, 11) is -3.63. The normalized spacial score (nSPS) is 17.5. The monoisotopic (exact) mass is 280 g/mol. The zero-order valence-corrected chi connectivity index (χ0v) is 11.1. The molecule has 6 heteroatoms. The van der Waals surface area contributed by atoms with Crippen LogP contribution in [0.1, 0.15) is 25.5 Å². The molecular formula is C11H14ClFO3S. The zero-order chi connectivity index (χ0) is 13.3. The largest absolute Gasteiger partial charge is 0.385 e. The highest BCUT2D eigenvalue weighted by molar-refractivity contribution is 7.94. The summed E-state index contributed by atoms with van der Waals surface area (Å²) in [4.78, 5) is 0. The molecule has 0 saturated carbocycles. The molecule has 0 aliphatic rings. The first-order valence-electron chi connectivity index (χ1n) is 5.07. The Morgan fingerprint density at radius 2 is 1.88 bits per heavy atom. The first-order chi connectivity index (χ1) is 7.72. The number of hydrogen-bond donors (Lipinski definition) is 1. The third-order valence-corrected chi connectivity index (χ3v) is 5.77. The van der Waals surface area contributed by atoms with Gasteiger partial charge in [0.1, 0.15) is 11.9 Å². The van der Waals surface area contributed by atoms with Crippen molar-refractivity contribution in [2.45, 2.75) is 24.2 Å². The highest BCUT2D eigenvalue weighted by atomic mass is 35.5. The Kier molecular flexibility index (Phi) is 4.17. The maximum absolute atomic E-state index is 12.7. The SMILES string of the molecule is CCS(=O)(=O)[C@@](C)(Cl)[C@H](O)c1ccc(F)cc1. The van der Waals surface area contributed by atoms with Crippen LogP contribution in [-0.2, 0) is 9.84 Å². The molecule has 1 aromatic carbocycles. The van der Waals surface area contributed by atoms with Gasteiger partial charge in [0.15, 0.2) is 14.0 Å². The van der Waals surface area contributed by atoms with Crippen LogP contribution in [0, 0.1) is 5.82 Å². The molecule has 3 nitrogen and oxygen atoms in total. The lowest BCUT2D eigenvalue weighted by molar-refractivity contribution is 0.162. The van der Waals surface area contributed by atoms with Crippen molar-refractivity contribution in [3.05, 3.63) is 35.6 Å². The summed E-state index contributed by atoms with van der Waals surface area (Å²) >= 11 is 5.92. The van der Waals surface area contributed by atoms with Crippen molar-refractivity contribution in [2.24, 2.45) is 0 Å². The number of alkyl halides is 1. The summed E-state index contributed by atoms with van der Waals surface area (Å²) in [6.45, 7) is 2.69. The van der Waals surface area contributed by atoms with Crippen LogP contribution in [0.5, 0.6) is 0 Å². The van der Waals surface area contributed by atoms with Gasteiger partial charge in [-0.1, -0.05) is 30.7 Å². The zero-order valence-electron chi connectivity index (χ0n) is 9.52. The van der Waals surface area contributed by atoms with E-state index in [4.69, 9.17) is 11.6 Å². The molecule has 17 heavy (non-hydrogen) atoms. The van der Waals surface area contributed by atoms with Gasteiger partial charge in [0.25, 0.3) is 0 Å². The quantitative estimate of drug-likeness (QED) is 0.861. The molecule has 1 N–H and O–H groups in total. The Hall–Kier alpha value is -0.650. The highest BCUT2D eigenvalue weighted by Gasteiger charge is 2.43. The average Bonchev–Trinajstić information content (AvgIpc) is 2.28. The maximum atomic E-state index is 12.7. The molecule has 2 atom stereocenters. The van der Waals surface area contributed by atoms with E-state index in [0.29, 0.717) is 0 Å². The first kappa shape index (κ1) is 14.4. The molecule has 0 unspecified atom stereocenters. The third kappa shape index (κ3) is 2.78. The van der Waals surface area contributed by atoms with Crippen LogP contribution in [0.4, 0.5) is 4.39 Å². The number of benzene rings is 1. The molecule has 0 amide bonds. The van der Waals surface area contributed by atoms with Crippen LogP contribution >= 0.6 is 11.6 Å². The summed E-state index contributed by atoms with van der Waals surface area (Å²) in [5.74, 6) is -0.638. The van der Waals surface area contributed by atoms with Crippen molar-refractivity contribution in [2.75, 3.05) is 5.75 Å². The van der Waals surface area contributed by atoms with E-state index >= 15 is 0 Å². The molecule has 0 heterocycles. The van der Waals surface area contributed by atoms with Crippen molar-refractivity contribution >= 4 is 21.4 Å². The first-order valence-corrected chi connectivity index (χ1v) is 7.10. The topological polar surface area (TPSA) is 54.4 Å². The van der Waals surface area contributed by atoms with Crippen molar-refractivity contribution in [1.82, 2.24) is 0 Å². The highest BCUT2D eigenvalue weighted by Crippen LogP contribution is 2.37. The van der Waals surface area contributed by atoms with Gasteiger partial charge < -0.3 is 5.11 Å². The molecule has 0 aromatic heterocycles. The van der Waals surface area contributed by atoms with Crippen LogP contribution < -0.4 is 0 Å². The van der Waals surface area contributed by atoms with Gasteiger partial charge in [-0.15, -0.1) is 0 Å². The molecule has 96 valence electrons. The van der Waals surface area contributed by atoms with Crippen LogP contribution in [0.3, 0.4) is 0 Å². The fourth-order valence-corrected chi connectivity index (χ4v) is 2.89.